The largest absolute Gasteiger partial charge is 0.366 e. The van der Waals surface area contributed by atoms with Gasteiger partial charge in [0.15, 0.2) is 12.1 Å². The van der Waals surface area contributed by atoms with E-state index in [0.717, 1.165) is 11.7 Å². The first-order valence-electron chi connectivity index (χ1n) is 5.89. The van der Waals surface area contributed by atoms with E-state index in [9.17, 15) is 9.59 Å². The summed E-state index contributed by atoms with van der Waals surface area (Å²) in [7, 11) is 0. The lowest BCUT2D eigenvalue weighted by atomic mass is 10.1. The molecular formula is C14H10N4O2. The Kier molecular flexibility index (Phi) is 2.76. The Labute approximate surface area is 113 Å². The smallest absolute Gasteiger partial charge is 0.250 e. The highest BCUT2D eigenvalue weighted by atomic mass is 16.1. The Morgan fingerprint density at radius 1 is 1.25 bits per heavy atom. The lowest BCUT2D eigenvalue weighted by Crippen LogP contribution is -2.11. The minimum atomic E-state index is -0.523. The van der Waals surface area contributed by atoms with E-state index < -0.39 is 5.91 Å². The van der Waals surface area contributed by atoms with Gasteiger partial charge in [0.1, 0.15) is 5.52 Å². The summed E-state index contributed by atoms with van der Waals surface area (Å²) in [5, 5.41) is 5.12. The normalized spacial score (nSPS) is 10.6. The first-order chi connectivity index (χ1) is 9.69. The second-order valence-corrected chi connectivity index (χ2v) is 4.25. The summed E-state index contributed by atoms with van der Waals surface area (Å²) in [5.74, 6) is 0.0346. The van der Waals surface area contributed by atoms with E-state index in [2.05, 4.69) is 10.1 Å². The predicted octanol–water partition coefficient (Wildman–Crippen LogP) is 1.33. The van der Waals surface area contributed by atoms with E-state index in [1.807, 2.05) is 6.07 Å². The molecule has 2 heterocycles. The maximum atomic E-state index is 11.4. The minimum Gasteiger partial charge on any atom is -0.366 e. The summed E-state index contributed by atoms with van der Waals surface area (Å²) >= 11 is 0. The van der Waals surface area contributed by atoms with Crippen molar-refractivity contribution in [2.75, 3.05) is 0 Å². The Morgan fingerprint density at radius 2 is 2.10 bits per heavy atom. The highest BCUT2D eigenvalue weighted by molar-refractivity contribution is 6.04. The van der Waals surface area contributed by atoms with Crippen LogP contribution in [0.25, 0.3) is 16.7 Å². The fourth-order valence-corrected chi connectivity index (χ4v) is 1.96. The molecule has 3 rings (SSSR count). The van der Waals surface area contributed by atoms with Crippen molar-refractivity contribution in [1.82, 2.24) is 14.8 Å². The van der Waals surface area contributed by atoms with Gasteiger partial charge in [0, 0.05) is 23.3 Å². The second kappa shape index (κ2) is 4.58. The number of aldehydes is 1. The SMILES string of the molecule is NC(=O)c1cccc2cn(-c3ccc(C=O)cn3)nc12. The average Bonchev–Trinajstić information content (AvgIpc) is 2.90. The Balaban J connectivity index is 2.14. The third-order valence-electron chi connectivity index (χ3n) is 2.94. The van der Waals surface area contributed by atoms with Crippen LogP contribution >= 0.6 is 0 Å². The summed E-state index contributed by atoms with van der Waals surface area (Å²) in [6, 6.07) is 8.55. The molecule has 0 spiro atoms. The van der Waals surface area contributed by atoms with Crippen LogP contribution in [0.15, 0.2) is 42.7 Å². The number of nitrogens with zero attached hydrogens (tertiary/aromatic N) is 3. The number of nitrogens with two attached hydrogens (primary N) is 1. The van der Waals surface area contributed by atoms with Crippen LogP contribution in [0.2, 0.25) is 0 Å². The first kappa shape index (κ1) is 12.0. The van der Waals surface area contributed by atoms with Crippen molar-refractivity contribution in [2.45, 2.75) is 0 Å². The second-order valence-electron chi connectivity index (χ2n) is 4.25. The summed E-state index contributed by atoms with van der Waals surface area (Å²) in [6.07, 6.45) is 3.94. The highest BCUT2D eigenvalue weighted by Crippen LogP contribution is 2.18. The van der Waals surface area contributed by atoms with Crippen molar-refractivity contribution in [3.8, 4) is 5.82 Å². The van der Waals surface area contributed by atoms with Crippen LogP contribution in [0.3, 0.4) is 0 Å². The number of hydrogen-bond acceptors (Lipinski definition) is 4. The topological polar surface area (TPSA) is 90.9 Å². The molecule has 0 aliphatic carbocycles. The molecule has 1 amide bonds. The number of rotatable bonds is 3. The van der Waals surface area contributed by atoms with E-state index in [-0.39, 0.29) is 0 Å². The molecule has 0 atom stereocenters. The molecule has 0 saturated carbocycles. The Bertz CT molecular complexity index is 806. The zero-order valence-corrected chi connectivity index (χ0v) is 10.4. The molecule has 0 bridgehead atoms. The quantitative estimate of drug-likeness (QED) is 0.724. The Hall–Kier alpha value is -3.02. The van der Waals surface area contributed by atoms with E-state index in [1.54, 1.807) is 35.1 Å². The third kappa shape index (κ3) is 1.93. The molecule has 1 aromatic carbocycles. The monoisotopic (exact) mass is 266 g/mol. The van der Waals surface area contributed by atoms with Gasteiger partial charge in [-0.2, -0.15) is 5.10 Å². The van der Waals surface area contributed by atoms with Crippen molar-refractivity contribution in [3.05, 3.63) is 53.9 Å². The molecule has 0 aliphatic heterocycles. The Morgan fingerprint density at radius 3 is 2.75 bits per heavy atom. The zero-order valence-electron chi connectivity index (χ0n) is 10.4. The standard InChI is InChI=1S/C14H10N4O2/c15-14(20)11-3-1-2-10-7-18(17-13(10)11)12-5-4-9(8-19)6-16-12/h1-8H,(H2,15,20). The maximum Gasteiger partial charge on any atom is 0.250 e. The van der Waals surface area contributed by atoms with Crippen molar-refractivity contribution >= 4 is 23.1 Å². The number of benzene rings is 1. The molecule has 3 aromatic rings. The fraction of sp³-hybridized carbons (Fsp3) is 0. The van der Waals surface area contributed by atoms with Crippen molar-refractivity contribution in [2.24, 2.45) is 5.73 Å². The van der Waals surface area contributed by atoms with Crippen molar-refractivity contribution in [3.63, 3.8) is 0 Å². The van der Waals surface area contributed by atoms with Gasteiger partial charge in [-0.25, -0.2) is 9.67 Å². The van der Waals surface area contributed by atoms with Gasteiger partial charge in [0.05, 0.1) is 5.56 Å². The summed E-state index contributed by atoms with van der Waals surface area (Å²) in [4.78, 5) is 26.1. The number of primary amides is 1. The molecule has 0 fully saturated rings. The number of hydrogen-bond donors (Lipinski definition) is 1. The van der Waals surface area contributed by atoms with Gasteiger partial charge in [0.25, 0.3) is 5.91 Å². The van der Waals surface area contributed by atoms with E-state index in [4.69, 9.17) is 5.73 Å². The molecular weight excluding hydrogens is 256 g/mol. The molecule has 0 aliphatic rings. The maximum absolute atomic E-state index is 11.4. The lowest BCUT2D eigenvalue weighted by Gasteiger charge is -1.99. The van der Waals surface area contributed by atoms with E-state index in [0.29, 0.717) is 22.5 Å². The van der Waals surface area contributed by atoms with Crippen LogP contribution in [0.1, 0.15) is 20.7 Å². The molecule has 0 saturated heterocycles. The summed E-state index contributed by atoms with van der Waals surface area (Å²) in [6.45, 7) is 0. The number of aromatic nitrogens is 3. The molecule has 6 nitrogen and oxygen atoms in total. The van der Waals surface area contributed by atoms with Gasteiger partial charge >= 0.3 is 0 Å². The molecule has 6 heteroatoms. The number of fused-ring (bicyclic) bond motifs is 1. The van der Waals surface area contributed by atoms with E-state index >= 15 is 0 Å². The average molecular weight is 266 g/mol. The highest BCUT2D eigenvalue weighted by Gasteiger charge is 2.11. The zero-order chi connectivity index (χ0) is 14.1. The molecule has 2 aromatic heterocycles. The van der Waals surface area contributed by atoms with Gasteiger partial charge in [0.2, 0.25) is 0 Å². The van der Waals surface area contributed by atoms with Gasteiger partial charge in [-0.05, 0) is 18.2 Å². The summed E-state index contributed by atoms with van der Waals surface area (Å²) < 4.78 is 1.55. The molecule has 0 radical (unpaired) electrons. The molecule has 20 heavy (non-hydrogen) atoms. The number of pyridine rings is 1. The van der Waals surface area contributed by atoms with Crippen LogP contribution in [0, 0.1) is 0 Å². The van der Waals surface area contributed by atoms with Crippen LogP contribution < -0.4 is 5.73 Å². The third-order valence-corrected chi connectivity index (χ3v) is 2.94. The van der Waals surface area contributed by atoms with Gasteiger partial charge in [-0.3, -0.25) is 9.59 Å². The minimum absolute atomic E-state index is 0.366. The van der Waals surface area contributed by atoms with Crippen LogP contribution in [0.4, 0.5) is 0 Å². The van der Waals surface area contributed by atoms with E-state index in [1.165, 1.54) is 6.20 Å². The van der Waals surface area contributed by atoms with Crippen LogP contribution in [-0.4, -0.2) is 27.0 Å². The van der Waals surface area contributed by atoms with Gasteiger partial charge < -0.3 is 5.73 Å². The van der Waals surface area contributed by atoms with Gasteiger partial charge in [-0.15, -0.1) is 0 Å². The number of carbonyl (C=O) groups is 2. The van der Waals surface area contributed by atoms with Crippen molar-refractivity contribution in [1.29, 1.82) is 0 Å². The predicted molar refractivity (Wildman–Crippen MR) is 72.8 cm³/mol. The molecule has 2 N–H and O–H groups in total. The van der Waals surface area contributed by atoms with Crippen LogP contribution in [-0.2, 0) is 0 Å². The fourth-order valence-electron chi connectivity index (χ4n) is 1.96. The van der Waals surface area contributed by atoms with Crippen LogP contribution in [0.5, 0.6) is 0 Å². The first-order valence-corrected chi connectivity index (χ1v) is 5.89. The number of carbonyl (C=O) groups excluding carboxylic acids is 2. The molecule has 0 unspecified atom stereocenters. The van der Waals surface area contributed by atoms with Gasteiger partial charge in [-0.1, -0.05) is 12.1 Å². The molecule has 98 valence electrons. The lowest BCUT2D eigenvalue weighted by molar-refractivity contribution is 0.100. The number of amides is 1. The van der Waals surface area contributed by atoms with Crippen molar-refractivity contribution < 1.29 is 9.59 Å². The summed E-state index contributed by atoms with van der Waals surface area (Å²) in [5.41, 5.74) is 6.71.